The van der Waals surface area contributed by atoms with Crippen LogP contribution in [0.2, 0.25) is 0 Å². The summed E-state index contributed by atoms with van der Waals surface area (Å²) < 4.78 is 12.9. The monoisotopic (exact) mass is 548 g/mol. The standard InChI is InChI=1S/C41H24O2/c1-2-9-27-23-39-33(22-26(27)8-1)31-21-18-28(24-38(31)43-39)25-16-19-29(20-17-25)41-34-12-4-3-10-30(34)32-11-7-15-37(40(32)41)42-36-14-6-5-13-35(36)41/h1-24H. The molecular weight excluding hydrogens is 524 g/mol. The number of hydrogen-bond acceptors (Lipinski definition) is 2. The number of furan rings is 1. The summed E-state index contributed by atoms with van der Waals surface area (Å²) in [6, 6.07) is 52.3. The Bertz CT molecular complexity index is 2430. The van der Waals surface area contributed by atoms with Crippen molar-refractivity contribution >= 4 is 32.7 Å². The molecule has 0 radical (unpaired) electrons. The average Bonchev–Trinajstić information content (AvgIpc) is 3.58. The molecule has 0 N–H and O–H groups in total. The van der Waals surface area contributed by atoms with Crippen molar-refractivity contribution in [2.75, 3.05) is 0 Å². The maximum Gasteiger partial charge on any atom is 0.136 e. The third kappa shape index (κ3) is 2.97. The Morgan fingerprint density at radius 1 is 0.442 bits per heavy atom. The third-order valence-electron chi connectivity index (χ3n) is 9.52. The fraction of sp³-hybridized carbons (Fsp3) is 0.0244. The van der Waals surface area contributed by atoms with Crippen LogP contribution in [0, 0.1) is 0 Å². The minimum atomic E-state index is -0.444. The van der Waals surface area contributed by atoms with Crippen LogP contribution in [0.1, 0.15) is 22.3 Å². The highest BCUT2D eigenvalue weighted by molar-refractivity contribution is 6.10. The molecule has 1 aliphatic carbocycles. The van der Waals surface area contributed by atoms with Gasteiger partial charge in [0.2, 0.25) is 0 Å². The topological polar surface area (TPSA) is 22.4 Å². The van der Waals surface area contributed by atoms with Gasteiger partial charge in [-0.25, -0.2) is 0 Å². The first-order valence-electron chi connectivity index (χ1n) is 14.8. The predicted octanol–water partition coefficient (Wildman–Crippen LogP) is 10.9. The molecule has 200 valence electrons. The molecule has 0 fully saturated rings. The van der Waals surface area contributed by atoms with Gasteiger partial charge in [-0.15, -0.1) is 0 Å². The van der Waals surface area contributed by atoms with Crippen molar-refractivity contribution in [3.63, 3.8) is 0 Å². The Kier molecular flexibility index (Phi) is 4.41. The Hall–Kier alpha value is -5.60. The van der Waals surface area contributed by atoms with Gasteiger partial charge in [0.25, 0.3) is 0 Å². The van der Waals surface area contributed by atoms with E-state index in [0.717, 1.165) is 44.6 Å². The van der Waals surface area contributed by atoms with Crippen LogP contribution in [0.4, 0.5) is 0 Å². The van der Waals surface area contributed by atoms with Gasteiger partial charge in [0.05, 0.1) is 5.41 Å². The number of fused-ring (bicyclic) bond motifs is 9. The van der Waals surface area contributed by atoms with E-state index in [-0.39, 0.29) is 0 Å². The van der Waals surface area contributed by atoms with Crippen molar-refractivity contribution in [2.24, 2.45) is 0 Å². The highest BCUT2D eigenvalue weighted by Crippen LogP contribution is 2.63. The molecule has 2 aliphatic rings. The fourth-order valence-electron chi connectivity index (χ4n) is 7.68. The minimum absolute atomic E-state index is 0.444. The number of hydrogen-bond donors (Lipinski definition) is 0. The molecule has 0 spiro atoms. The van der Waals surface area contributed by atoms with Crippen molar-refractivity contribution in [1.29, 1.82) is 0 Å². The van der Waals surface area contributed by atoms with Gasteiger partial charge in [-0.2, -0.15) is 0 Å². The first-order valence-corrected chi connectivity index (χ1v) is 14.8. The van der Waals surface area contributed by atoms with E-state index in [1.807, 2.05) is 0 Å². The van der Waals surface area contributed by atoms with E-state index in [1.54, 1.807) is 0 Å². The molecule has 8 aromatic rings. The van der Waals surface area contributed by atoms with E-state index in [1.165, 1.54) is 44.2 Å². The first kappa shape index (κ1) is 23.0. The highest BCUT2D eigenvalue weighted by atomic mass is 16.5. The predicted molar refractivity (Wildman–Crippen MR) is 174 cm³/mol. The van der Waals surface area contributed by atoms with Crippen molar-refractivity contribution < 1.29 is 9.15 Å². The lowest BCUT2D eigenvalue weighted by Gasteiger charge is -2.39. The highest BCUT2D eigenvalue weighted by Gasteiger charge is 2.51. The van der Waals surface area contributed by atoms with Crippen LogP contribution < -0.4 is 4.74 Å². The molecule has 2 heterocycles. The Morgan fingerprint density at radius 3 is 2.00 bits per heavy atom. The quantitative estimate of drug-likeness (QED) is 0.214. The van der Waals surface area contributed by atoms with Crippen LogP contribution >= 0.6 is 0 Å². The number of benzene rings is 7. The number of rotatable bonds is 2. The zero-order valence-electron chi connectivity index (χ0n) is 23.2. The van der Waals surface area contributed by atoms with Crippen molar-refractivity contribution in [1.82, 2.24) is 0 Å². The van der Waals surface area contributed by atoms with E-state index < -0.39 is 5.41 Å². The maximum absolute atomic E-state index is 6.52. The van der Waals surface area contributed by atoms with E-state index in [2.05, 4.69) is 146 Å². The summed E-state index contributed by atoms with van der Waals surface area (Å²) in [4.78, 5) is 0. The summed E-state index contributed by atoms with van der Waals surface area (Å²) in [5.41, 5.74) is 11.2. The lowest BCUT2D eigenvalue weighted by Crippen LogP contribution is -2.31. The van der Waals surface area contributed by atoms with E-state index in [4.69, 9.17) is 9.15 Å². The summed E-state index contributed by atoms with van der Waals surface area (Å²) in [5, 5.41) is 4.72. The molecule has 2 nitrogen and oxygen atoms in total. The lowest BCUT2D eigenvalue weighted by molar-refractivity contribution is 0.438. The number of para-hydroxylation sites is 1. The second-order valence-corrected chi connectivity index (χ2v) is 11.7. The SMILES string of the molecule is c1ccc2c(c1)Oc1cccc3c1C2(c1ccc(-c2ccc4c(c2)oc2cc5ccccc5cc24)cc1)c1ccccc1-3. The van der Waals surface area contributed by atoms with Crippen molar-refractivity contribution in [2.45, 2.75) is 5.41 Å². The van der Waals surface area contributed by atoms with Gasteiger partial charge in [-0.3, -0.25) is 0 Å². The molecule has 1 aromatic heterocycles. The van der Waals surface area contributed by atoms with Gasteiger partial charge in [0.15, 0.2) is 0 Å². The van der Waals surface area contributed by atoms with Crippen LogP contribution in [0.5, 0.6) is 11.5 Å². The molecule has 1 atom stereocenters. The minimum Gasteiger partial charge on any atom is -0.457 e. The normalized spacial score (nSPS) is 16.2. The smallest absolute Gasteiger partial charge is 0.136 e. The zero-order chi connectivity index (χ0) is 28.1. The van der Waals surface area contributed by atoms with Gasteiger partial charge in [-0.1, -0.05) is 109 Å². The zero-order valence-corrected chi connectivity index (χ0v) is 23.2. The van der Waals surface area contributed by atoms with E-state index in [0.29, 0.717) is 0 Å². The second-order valence-electron chi connectivity index (χ2n) is 11.7. The van der Waals surface area contributed by atoms with E-state index >= 15 is 0 Å². The Labute approximate surface area is 248 Å². The van der Waals surface area contributed by atoms with Gasteiger partial charge < -0.3 is 9.15 Å². The molecule has 0 saturated heterocycles. The van der Waals surface area contributed by atoms with Crippen molar-refractivity contribution in [3.8, 4) is 33.8 Å². The molecule has 0 saturated carbocycles. The van der Waals surface area contributed by atoms with Crippen LogP contribution in [0.3, 0.4) is 0 Å². The van der Waals surface area contributed by atoms with Gasteiger partial charge in [0, 0.05) is 21.9 Å². The summed E-state index contributed by atoms with van der Waals surface area (Å²) >= 11 is 0. The summed E-state index contributed by atoms with van der Waals surface area (Å²) in [7, 11) is 0. The number of ether oxygens (including phenoxy) is 1. The van der Waals surface area contributed by atoms with Gasteiger partial charge in [0.1, 0.15) is 22.7 Å². The van der Waals surface area contributed by atoms with E-state index in [9.17, 15) is 0 Å². The Morgan fingerprint density at radius 2 is 1.12 bits per heavy atom. The molecule has 0 amide bonds. The molecule has 0 bridgehead atoms. The lowest BCUT2D eigenvalue weighted by atomic mass is 9.66. The summed E-state index contributed by atoms with van der Waals surface area (Å²) in [6.07, 6.45) is 0. The second kappa shape index (κ2) is 8.24. The first-order chi connectivity index (χ1) is 21.3. The molecule has 1 unspecified atom stereocenters. The van der Waals surface area contributed by atoms with Gasteiger partial charge in [-0.05, 0) is 80.6 Å². The molecule has 1 aliphatic heterocycles. The van der Waals surface area contributed by atoms with Crippen LogP contribution in [-0.2, 0) is 5.41 Å². The maximum atomic E-state index is 6.52. The van der Waals surface area contributed by atoms with Crippen LogP contribution in [0.15, 0.2) is 150 Å². The van der Waals surface area contributed by atoms with Crippen LogP contribution in [-0.4, -0.2) is 0 Å². The largest absolute Gasteiger partial charge is 0.457 e. The molecule has 43 heavy (non-hydrogen) atoms. The molecule has 7 aromatic carbocycles. The van der Waals surface area contributed by atoms with Crippen molar-refractivity contribution in [3.05, 3.63) is 168 Å². The van der Waals surface area contributed by atoms with Crippen LogP contribution in [0.25, 0.3) is 55.0 Å². The molecular formula is C41H24O2. The third-order valence-corrected chi connectivity index (χ3v) is 9.52. The molecule has 10 rings (SSSR count). The Balaban J connectivity index is 1.15. The fourth-order valence-corrected chi connectivity index (χ4v) is 7.68. The summed E-state index contributed by atoms with van der Waals surface area (Å²) in [5.74, 6) is 1.84. The summed E-state index contributed by atoms with van der Waals surface area (Å²) in [6.45, 7) is 0. The van der Waals surface area contributed by atoms with Gasteiger partial charge >= 0.3 is 0 Å². The molecule has 2 heteroatoms. The average molecular weight is 549 g/mol.